The van der Waals surface area contributed by atoms with Crippen LogP contribution < -0.4 is 16.0 Å². The lowest BCUT2D eigenvalue weighted by atomic mass is 10.0. The van der Waals surface area contributed by atoms with E-state index in [1.165, 1.54) is 4.57 Å². The van der Waals surface area contributed by atoms with E-state index < -0.39 is 29.0 Å². The topological polar surface area (TPSA) is 112 Å². The molecule has 0 unspecified atom stereocenters. The van der Waals surface area contributed by atoms with Crippen LogP contribution in [0.15, 0.2) is 77.6 Å². The number of hydrogen-bond donors (Lipinski definition) is 2. The lowest BCUT2D eigenvalue weighted by Gasteiger charge is -2.26. The second-order valence-corrected chi connectivity index (χ2v) is 12.2. The fourth-order valence-corrected chi connectivity index (χ4v) is 5.96. The van der Waals surface area contributed by atoms with Crippen LogP contribution in [-0.4, -0.2) is 59.9 Å². The minimum atomic E-state index is -4.81. The molecule has 0 radical (unpaired) electrons. The molecule has 9 nitrogen and oxygen atoms in total. The van der Waals surface area contributed by atoms with Crippen molar-refractivity contribution in [2.45, 2.75) is 33.0 Å². The zero-order valence-corrected chi connectivity index (χ0v) is 27.2. The van der Waals surface area contributed by atoms with Gasteiger partial charge in [-0.25, -0.2) is 4.79 Å². The first-order chi connectivity index (χ1) is 23.5. The summed E-state index contributed by atoms with van der Waals surface area (Å²) in [5, 5.41) is 0.742. The summed E-state index contributed by atoms with van der Waals surface area (Å²) in [5.41, 5.74) is 7.04. The number of nitrogens with one attached hydrogen (secondary N) is 1. The number of ether oxygens (including phenoxy) is 3. The van der Waals surface area contributed by atoms with Gasteiger partial charge < -0.3 is 29.5 Å². The molecule has 0 bridgehead atoms. The van der Waals surface area contributed by atoms with Crippen molar-refractivity contribution in [3.63, 3.8) is 0 Å². The number of nitrogens with zero attached hydrogens (tertiary/aromatic N) is 2. The van der Waals surface area contributed by atoms with Crippen molar-refractivity contribution >= 4 is 22.6 Å². The number of aromatic amines is 1. The minimum Gasteiger partial charge on any atom is -0.461 e. The van der Waals surface area contributed by atoms with Gasteiger partial charge in [0.1, 0.15) is 22.9 Å². The van der Waals surface area contributed by atoms with Gasteiger partial charge in [0.05, 0.1) is 37.6 Å². The summed E-state index contributed by atoms with van der Waals surface area (Å²) in [6.07, 6.45) is -4.08. The van der Waals surface area contributed by atoms with Gasteiger partial charge >= 0.3 is 12.1 Å². The lowest BCUT2D eigenvalue weighted by Crippen LogP contribution is -2.37. The number of carbonyl (C=O) groups excluding carboxylic acids is 1. The van der Waals surface area contributed by atoms with E-state index in [0.29, 0.717) is 29.4 Å². The third kappa shape index (κ3) is 7.82. The smallest absolute Gasteiger partial charge is 0.418 e. The fraction of sp³-hybridized carbons (Fsp3) is 0.297. The molecule has 3 N–H and O–H groups in total. The number of hydrogen-bond acceptors (Lipinski definition) is 7. The van der Waals surface area contributed by atoms with E-state index in [1.807, 2.05) is 32.0 Å². The molecule has 256 valence electrons. The van der Waals surface area contributed by atoms with Gasteiger partial charge in [-0.3, -0.25) is 9.69 Å². The highest BCUT2D eigenvalue weighted by Crippen LogP contribution is 2.36. The van der Waals surface area contributed by atoms with Crippen LogP contribution in [0, 0.1) is 13.8 Å². The van der Waals surface area contributed by atoms with Gasteiger partial charge in [0.15, 0.2) is 0 Å². The van der Waals surface area contributed by atoms with Gasteiger partial charge in [-0.15, -0.1) is 0 Å². The number of H-pyrrole nitrogens is 1. The Morgan fingerprint density at radius 1 is 0.959 bits per heavy atom. The Labute approximate surface area is 281 Å². The Kier molecular flexibility index (Phi) is 9.79. The fourth-order valence-electron chi connectivity index (χ4n) is 5.96. The van der Waals surface area contributed by atoms with Gasteiger partial charge in [-0.1, -0.05) is 23.8 Å². The van der Waals surface area contributed by atoms with Crippen molar-refractivity contribution in [2.24, 2.45) is 0 Å². The van der Waals surface area contributed by atoms with Crippen LogP contribution in [0.4, 0.5) is 18.9 Å². The molecule has 0 aliphatic carbocycles. The zero-order chi connectivity index (χ0) is 34.7. The monoisotopic (exact) mass is 674 g/mol. The Balaban J connectivity index is 1.18. The van der Waals surface area contributed by atoms with Crippen molar-refractivity contribution in [3.8, 4) is 22.8 Å². The third-order valence-corrected chi connectivity index (χ3v) is 8.62. The number of benzene rings is 3. The van der Waals surface area contributed by atoms with Crippen molar-refractivity contribution in [1.29, 1.82) is 0 Å². The number of fused-ring (bicyclic) bond motifs is 1. The van der Waals surface area contributed by atoms with E-state index in [4.69, 9.17) is 19.9 Å². The van der Waals surface area contributed by atoms with E-state index in [0.717, 1.165) is 72.9 Å². The molecule has 3 aromatic carbocycles. The van der Waals surface area contributed by atoms with Crippen LogP contribution in [0.5, 0.6) is 11.5 Å². The molecule has 1 saturated heterocycles. The number of nitrogen functional groups attached to an aromatic ring is 1. The predicted octanol–water partition coefficient (Wildman–Crippen LogP) is 6.93. The predicted molar refractivity (Wildman–Crippen MR) is 181 cm³/mol. The maximum absolute atomic E-state index is 13.9. The Bertz CT molecular complexity index is 2030. The molecule has 0 amide bonds. The normalized spacial score (nSPS) is 13.9. The van der Waals surface area contributed by atoms with Crippen molar-refractivity contribution in [2.75, 3.05) is 45.2 Å². The Morgan fingerprint density at radius 2 is 1.69 bits per heavy atom. The van der Waals surface area contributed by atoms with Crippen LogP contribution in [0.25, 0.3) is 22.2 Å². The number of anilines is 1. The standard InChI is InChI=1S/C37H37F3N4O5/c1-23-4-5-26(24(2)18-23)22-44-33(21-30(37(38,39)40)34(41)35(44)45)25-6-8-28(9-7-25)49-29-10-11-31-27(19-29)20-32(42-31)36(46)48-15-3-12-43-13-16-47-17-14-43/h4-11,18-21,42H,3,12-17,22,41H2,1-2H3. The number of pyridine rings is 1. The number of aryl methyl sites for hydroxylation is 2. The quantitative estimate of drug-likeness (QED) is 0.122. The summed E-state index contributed by atoms with van der Waals surface area (Å²) in [6.45, 7) is 8.23. The average Bonchev–Trinajstić information content (AvgIpc) is 3.50. The number of morpholine rings is 1. The summed E-state index contributed by atoms with van der Waals surface area (Å²) in [5.74, 6) is 0.472. The SMILES string of the molecule is Cc1ccc(Cn2c(-c3ccc(Oc4ccc5[nH]c(C(=O)OCCCN6CCOCC6)cc5c4)cc3)cc(C(F)(F)F)c(N)c2=O)c(C)c1. The molecule has 1 aliphatic heterocycles. The molecule has 0 atom stereocenters. The number of carbonyl (C=O) groups is 1. The van der Waals surface area contributed by atoms with Gasteiger partial charge in [-0.2, -0.15) is 13.2 Å². The Hall–Kier alpha value is -5.07. The average molecular weight is 675 g/mol. The molecule has 2 aromatic heterocycles. The zero-order valence-electron chi connectivity index (χ0n) is 27.2. The number of alkyl halides is 3. The highest BCUT2D eigenvalue weighted by atomic mass is 19.4. The van der Waals surface area contributed by atoms with Gasteiger partial charge in [0, 0.05) is 30.5 Å². The number of nitrogens with two attached hydrogens (primary N) is 1. The largest absolute Gasteiger partial charge is 0.461 e. The molecule has 1 fully saturated rings. The molecule has 5 aromatic rings. The molecule has 0 saturated carbocycles. The van der Waals surface area contributed by atoms with Crippen LogP contribution in [-0.2, 0) is 22.2 Å². The first-order valence-electron chi connectivity index (χ1n) is 16.0. The highest BCUT2D eigenvalue weighted by molar-refractivity contribution is 5.95. The van der Waals surface area contributed by atoms with Gasteiger partial charge in [0.25, 0.3) is 5.56 Å². The molecule has 1 aliphatic rings. The summed E-state index contributed by atoms with van der Waals surface area (Å²) in [4.78, 5) is 31.3. The van der Waals surface area contributed by atoms with E-state index in [-0.39, 0.29) is 12.2 Å². The second kappa shape index (κ2) is 14.2. The first-order valence-corrected chi connectivity index (χ1v) is 16.0. The van der Waals surface area contributed by atoms with Gasteiger partial charge in [-0.05, 0) is 91.6 Å². The minimum absolute atomic E-state index is 0.0432. The second-order valence-electron chi connectivity index (χ2n) is 12.2. The Morgan fingerprint density at radius 3 is 2.41 bits per heavy atom. The van der Waals surface area contributed by atoms with E-state index >= 15 is 0 Å². The number of rotatable bonds is 10. The third-order valence-electron chi connectivity index (χ3n) is 8.62. The summed E-state index contributed by atoms with van der Waals surface area (Å²) in [6, 6.07) is 20.0. The van der Waals surface area contributed by atoms with Crippen LogP contribution in [0.3, 0.4) is 0 Å². The molecule has 12 heteroatoms. The molecule has 6 rings (SSSR count). The molecular weight excluding hydrogens is 637 g/mol. The molecular formula is C37H37F3N4O5. The van der Waals surface area contributed by atoms with Crippen molar-refractivity contribution in [1.82, 2.24) is 14.5 Å². The number of halogens is 3. The summed E-state index contributed by atoms with van der Waals surface area (Å²) >= 11 is 0. The molecule has 0 spiro atoms. The van der Waals surface area contributed by atoms with E-state index in [9.17, 15) is 22.8 Å². The van der Waals surface area contributed by atoms with Crippen molar-refractivity contribution in [3.05, 3.63) is 111 Å². The lowest BCUT2D eigenvalue weighted by molar-refractivity contribution is -0.137. The maximum Gasteiger partial charge on any atom is 0.418 e. The first kappa shape index (κ1) is 33.8. The van der Waals surface area contributed by atoms with Gasteiger partial charge in [0.2, 0.25) is 0 Å². The highest BCUT2D eigenvalue weighted by Gasteiger charge is 2.35. The van der Waals surface area contributed by atoms with Crippen LogP contribution in [0.2, 0.25) is 0 Å². The van der Waals surface area contributed by atoms with Crippen LogP contribution >= 0.6 is 0 Å². The molecule has 3 heterocycles. The maximum atomic E-state index is 13.9. The molecule has 49 heavy (non-hydrogen) atoms. The number of aromatic nitrogens is 2. The summed E-state index contributed by atoms with van der Waals surface area (Å²) in [7, 11) is 0. The van der Waals surface area contributed by atoms with E-state index in [2.05, 4.69) is 9.88 Å². The van der Waals surface area contributed by atoms with Crippen molar-refractivity contribution < 1.29 is 32.2 Å². The summed E-state index contributed by atoms with van der Waals surface area (Å²) < 4.78 is 59.9. The number of esters is 1. The van der Waals surface area contributed by atoms with Crippen LogP contribution in [0.1, 0.15) is 39.2 Å². The van der Waals surface area contributed by atoms with E-state index in [1.54, 1.807) is 48.5 Å².